The normalized spacial score (nSPS) is 17.3. The Bertz CT molecular complexity index is 1520. The van der Waals surface area contributed by atoms with Crippen molar-refractivity contribution in [3.8, 4) is 0 Å². The van der Waals surface area contributed by atoms with Gasteiger partial charge in [0.1, 0.15) is 0 Å². The molecule has 0 atom stereocenters. The lowest BCUT2D eigenvalue weighted by atomic mass is 9.94. The molecule has 2 heterocycles. The lowest BCUT2D eigenvalue weighted by molar-refractivity contribution is -0.712. The molecule has 2 saturated carbocycles. The maximum atomic E-state index is 11.6. The third-order valence-corrected chi connectivity index (χ3v) is 8.31. The number of pyridine rings is 1. The van der Waals surface area contributed by atoms with Gasteiger partial charge in [0.05, 0.1) is 23.2 Å². The molecule has 0 amide bonds. The molecule has 2 aromatic heterocycles. The molecule has 0 spiro atoms. The Kier molecular flexibility index (Phi) is 8.02. The number of nitro groups is 1. The van der Waals surface area contributed by atoms with E-state index < -0.39 is 4.92 Å². The SMILES string of the molecule is O=[N+]([O-])c1cccc(/C(=N/O)c2n3ccc4ccccc4c3c(NC3CCCCC3)[n+]2C2CCCCC2)c1.[Cl-]. The third kappa shape index (κ3) is 5.05. The Labute approximate surface area is 233 Å². The third-order valence-electron chi connectivity index (χ3n) is 8.31. The number of fused-ring (bicyclic) bond motifs is 3. The smallest absolute Gasteiger partial charge is 0.270 e. The van der Waals surface area contributed by atoms with Crippen LogP contribution in [-0.2, 0) is 0 Å². The minimum absolute atomic E-state index is 0. The molecule has 2 aromatic carbocycles. The average molecular weight is 548 g/mol. The summed E-state index contributed by atoms with van der Waals surface area (Å²) in [6, 6.07) is 17.5. The van der Waals surface area contributed by atoms with E-state index in [-0.39, 0.29) is 24.1 Å². The fourth-order valence-electron chi connectivity index (χ4n) is 6.47. The number of oxime groups is 1. The number of nitrogens with zero attached hydrogens (tertiary/aromatic N) is 4. The lowest BCUT2D eigenvalue weighted by Crippen LogP contribution is -3.00. The van der Waals surface area contributed by atoms with Crippen molar-refractivity contribution in [2.24, 2.45) is 5.16 Å². The molecule has 2 aliphatic rings. The second-order valence-corrected chi connectivity index (χ2v) is 10.7. The predicted molar refractivity (Wildman–Crippen MR) is 148 cm³/mol. The molecule has 2 N–H and O–H groups in total. The Hall–Kier alpha value is -3.65. The molecule has 0 bridgehead atoms. The summed E-state index contributed by atoms with van der Waals surface area (Å²) in [5.74, 6) is 1.81. The van der Waals surface area contributed by atoms with E-state index in [1.807, 2.05) is 6.20 Å². The predicted octanol–water partition coefficient (Wildman–Crippen LogP) is 3.77. The maximum absolute atomic E-state index is 11.6. The average Bonchev–Trinajstić information content (AvgIpc) is 3.28. The number of hydrogen-bond donors (Lipinski definition) is 2. The first-order valence-electron chi connectivity index (χ1n) is 13.9. The van der Waals surface area contributed by atoms with Crippen LogP contribution in [0.15, 0.2) is 65.9 Å². The summed E-state index contributed by atoms with van der Waals surface area (Å²) in [4.78, 5) is 11.2. The largest absolute Gasteiger partial charge is 1.00 e. The van der Waals surface area contributed by atoms with E-state index in [4.69, 9.17) is 0 Å². The number of anilines is 1. The summed E-state index contributed by atoms with van der Waals surface area (Å²) < 4.78 is 4.47. The van der Waals surface area contributed by atoms with E-state index in [1.54, 1.807) is 12.1 Å². The van der Waals surface area contributed by atoms with Gasteiger partial charge < -0.3 is 17.6 Å². The Morgan fingerprint density at radius 3 is 2.41 bits per heavy atom. The van der Waals surface area contributed by atoms with Gasteiger partial charge in [-0.3, -0.25) is 15.4 Å². The number of nitro benzene ring substituents is 1. The highest BCUT2D eigenvalue weighted by Gasteiger charge is 2.36. The van der Waals surface area contributed by atoms with Crippen LogP contribution in [0.2, 0.25) is 0 Å². The van der Waals surface area contributed by atoms with Gasteiger partial charge in [0.25, 0.3) is 17.3 Å². The fraction of sp³-hybridized carbons (Fsp3) is 0.400. The summed E-state index contributed by atoms with van der Waals surface area (Å²) in [7, 11) is 0. The van der Waals surface area contributed by atoms with Crippen molar-refractivity contribution in [3.63, 3.8) is 0 Å². The zero-order valence-corrected chi connectivity index (χ0v) is 22.7. The van der Waals surface area contributed by atoms with Crippen molar-refractivity contribution in [1.29, 1.82) is 0 Å². The molecular formula is C30H34ClN5O3. The van der Waals surface area contributed by atoms with Crippen LogP contribution in [0.25, 0.3) is 16.3 Å². The van der Waals surface area contributed by atoms with Crippen molar-refractivity contribution >= 4 is 33.5 Å². The topological polar surface area (TPSA) is 96.0 Å². The van der Waals surface area contributed by atoms with Crippen LogP contribution in [-0.4, -0.2) is 26.3 Å². The van der Waals surface area contributed by atoms with Gasteiger partial charge in [-0.15, -0.1) is 0 Å². The number of benzene rings is 2. The van der Waals surface area contributed by atoms with E-state index >= 15 is 0 Å². The number of hydrogen-bond acceptors (Lipinski definition) is 5. The van der Waals surface area contributed by atoms with Crippen molar-refractivity contribution < 1.29 is 27.1 Å². The van der Waals surface area contributed by atoms with Crippen LogP contribution in [0.5, 0.6) is 0 Å². The molecule has 0 aliphatic heterocycles. The van der Waals surface area contributed by atoms with Crippen molar-refractivity contribution in [1.82, 2.24) is 4.40 Å². The minimum atomic E-state index is -0.409. The fourth-order valence-corrected chi connectivity index (χ4v) is 6.47. The van der Waals surface area contributed by atoms with E-state index in [0.717, 1.165) is 66.5 Å². The molecule has 2 fully saturated rings. The summed E-state index contributed by atoms with van der Waals surface area (Å²) in [5.41, 5.74) is 1.88. The Morgan fingerprint density at radius 1 is 0.974 bits per heavy atom. The van der Waals surface area contributed by atoms with Crippen LogP contribution in [0, 0.1) is 10.1 Å². The zero-order valence-electron chi connectivity index (χ0n) is 21.9. The van der Waals surface area contributed by atoms with E-state index in [0.29, 0.717) is 17.3 Å². The van der Waals surface area contributed by atoms with Crippen LogP contribution in [0.3, 0.4) is 0 Å². The van der Waals surface area contributed by atoms with Gasteiger partial charge in [-0.2, -0.15) is 0 Å². The van der Waals surface area contributed by atoms with Crippen molar-refractivity contribution in [2.45, 2.75) is 76.3 Å². The quantitative estimate of drug-likeness (QED) is 0.126. The molecule has 4 aromatic rings. The van der Waals surface area contributed by atoms with E-state index in [2.05, 4.69) is 49.8 Å². The molecule has 0 unspecified atom stereocenters. The van der Waals surface area contributed by atoms with Gasteiger partial charge in [0.2, 0.25) is 0 Å². The Balaban J connectivity index is 0.00000308. The highest BCUT2D eigenvalue weighted by Crippen LogP contribution is 2.34. The molecular weight excluding hydrogens is 514 g/mol. The van der Waals surface area contributed by atoms with Crippen LogP contribution in [0.1, 0.15) is 81.6 Å². The van der Waals surface area contributed by atoms with Crippen LogP contribution < -0.4 is 22.3 Å². The Morgan fingerprint density at radius 2 is 1.69 bits per heavy atom. The van der Waals surface area contributed by atoms with Gasteiger partial charge in [-0.05, 0) is 50.0 Å². The number of nitrogens with one attached hydrogen (secondary N) is 1. The zero-order chi connectivity index (χ0) is 26.1. The molecule has 0 radical (unpaired) electrons. The number of non-ortho nitro benzene ring substituents is 1. The van der Waals surface area contributed by atoms with Crippen molar-refractivity contribution in [2.75, 3.05) is 5.32 Å². The van der Waals surface area contributed by atoms with Gasteiger partial charge in [0, 0.05) is 23.1 Å². The first kappa shape index (κ1) is 26.9. The highest BCUT2D eigenvalue weighted by molar-refractivity contribution is 6.12. The summed E-state index contributed by atoms with van der Waals surface area (Å²) in [5, 5.41) is 32.1. The number of rotatable bonds is 6. The molecule has 204 valence electrons. The van der Waals surface area contributed by atoms with Gasteiger partial charge >= 0.3 is 0 Å². The molecule has 0 saturated heterocycles. The monoisotopic (exact) mass is 547 g/mol. The summed E-state index contributed by atoms with van der Waals surface area (Å²) in [6.45, 7) is 0. The maximum Gasteiger partial charge on any atom is 0.270 e. The lowest BCUT2D eigenvalue weighted by Gasteiger charge is -2.25. The molecule has 2 aliphatic carbocycles. The molecule has 6 rings (SSSR count). The standard InChI is InChI=1S/C30H33N5O3.ClH/c36-32-27(22-11-9-16-25(20-22)35(37)38)30-33-19-18-21-10-7-8-17-26(21)28(33)29(31-23-12-3-1-4-13-23)34(30)24-14-5-2-6-15-24;/h7-11,16-20,23-24,31H,1-6,12-15H2;1H. The molecule has 8 nitrogen and oxygen atoms in total. The van der Waals surface area contributed by atoms with E-state index in [1.165, 1.54) is 37.8 Å². The van der Waals surface area contributed by atoms with Crippen molar-refractivity contribution in [3.05, 3.63) is 82.3 Å². The van der Waals surface area contributed by atoms with Crippen LogP contribution >= 0.6 is 0 Å². The second-order valence-electron chi connectivity index (χ2n) is 10.7. The van der Waals surface area contributed by atoms with Gasteiger partial charge in [-0.1, -0.05) is 67.2 Å². The van der Waals surface area contributed by atoms with Gasteiger partial charge in [0.15, 0.2) is 11.2 Å². The molecule has 39 heavy (non-hydrogen) atoms. The summed E-state index contributed by atoms with van der Waals surface area (Å²) >= 11 is 0. The van der Waals surface area contributed by atoms with E-state index in [9.17, 15) is 15.3 Å². The van der Waals surface area contributed by atoms with Crippen LogP contribution in [0.4, 0.5) is 11.5 Å². The number of aromatic nitrogens is 2. The first-order chi connectivity index (χ1) is 18.7. The summed E-state index contributed by atoms with van der Waals surface area (Å²) in [6.07, 6.45) is 13.6. The molecule has 9 heteroatoms. The number of halogens is 1. The number of imidazole rings is 1. The first-order valence-corrected chi connectivity index (χ1v) is 13.9. The second kappa shape index (κ2) is 11.6. The minimum Gasteiger partial charge on any atom is -1.00 e. The van der Waals surface area contributed by atoms with Gasteiger partial charge in [-0.25, -0.2) is 8.97 Å². The highest BCUT2D eigenvalue weighted by atomic mass is 35.5.